The van der Waals surface area contributed by atoms with E-state index in [9.17, 15) is 14.4 Å². The van der Waals surface area contributed by atoms with Gasteiger partial charge < -0.3 is 15.5 Å². The molecule has 0 unspecified atom stereocenters. The lowest BCUT2D eigenvalue weighted by Gasteiger charge is -2.25. The molecule has 162 valence electrons. The van der Waals surface area contributed by atoms with Crippen molar-refractivity contribution in [2.24, 2.45) is 0 Å². The van der Waals surface area contributed by atoms with Gasteiger partial charge in [0.25, 0.3) is 0 Å². The Morgan fingerprint density at radius 1 is 1.16 bits per heavy atom. The number of carbonyl (C=O) groups excluding carboxylic acids is 3. The molecule has 2 aromatic heterocycles. The van der Waals surface area contributed by atoms with Crippen molar-refractivity contribution < 1.29 is 14.4 Å². The zero-order chi connectivity index (χ0) is 21.8. The second kappa shape index (κ2) is 9.11. The third-order valence-electron chi connectivity index (χ3n) is 5.54. The summed E-state index contributed by atoms with van der Waals surface area (Å²) in [5.74, 6) is 1.20. The summed E-state index contributed by atoms with van der Waals surface area (Å²) in [5, 5.41) is 5.72. The number of urea groups is 1. The number of imide groups is 1. The number of nitrogens with zero attached hydrogens (tertiary/aromatic N) is 4. The lowest BCUT2D eigenvalue weighted by Crippen LogP contribution is -2.34. The number of pyridine rings is 2. The molecule has 31 heavy (non-hydrogen) atoms. The van der Waals surface area contributed by atoms with Crippen molar-refractivity contribution in [3.63, 3.8) is 0 Å². The summed E-state index contributed by atoms with van der Waals surface area (Å²) in [6.45, 7) is 2.92. The molecule has 4 amide bonds. The second-order valence-electron chi connectivity index (χ2n) is 7.79. The highest BCUT2D eigenvalue weighted by Crippen LogP contribution is 2.32. The van der Waals surface area contributed by atoms with Gasteiger partial charge >= 0.3 is 6.03 Å². The van der Waals surface area contributed by atoms with Crippen molar-refractivity contribution >= 4 is 29.5 Å². The Bertz CT molecular complexity index is 979. The van der Waals surface area contributed by atoms with Gasteiger partial charge in [-0.1, -0.05) is 12.1 Å². The predicted octanol–water partition coefficient (Wildman–Crippen LogP) is 2.52. The molecule has 2 aromatic rings. The molecule has 9 heteroatoms. The first kappa shape index (κ1) is 20.8. The summed E-state index contributed by atoms with van der Waals surface area (Å²) < 4.78 is 0. The van der Waals surface area contributed by atoms with Crippen molar-refractivity contribution in [3.8, 4) is 0 Å². The van der Waals surface area contributed by atoms with Gasteiger partial charge in [-0.3, -0.25) is 14.5 Å². The van der Waals surface area contributed by atoms with Gasteiger partial charge in [-0.2, -0.15) is 0 Å². The highest BCUT2D eigenvalue weighted by molar-refractivity contribution is 6.01. The topological polar surface area (TPSA) is 108 Å². The molecule has 0 bridgehead atoms. The number of aromatic nitrogens is 2. The third-order valence-corrected chi connectivity index (χ3v) is 5.54. The van der Waals surface area contributed by atoms with E-state index in [1.807, 2.05) is 48.2 Å². The number of likely N-dealkylation sites (tertiary alicyclic amines) is 1. The zero-order valence-electron chi connectivity index (χ0n) is 17.5. The average Bonchev–Trinajstić information content (AvgIpc) is 3.36. The lowest BCUT2D eigenvalue weighted by molar-refractivity contribution is -0.133. The highest BCUT2D eigenvalue weighted by atomic mass is 16.2. The fourth-order valence-corrected chi connectivity index (χ4v) is 4.04. The third kappa shape index (κ3) is 4.82. The minimum Gasteiger partial charge on any atom is -0.334 e. The van der Waals surface area contributed by atoms with Gasteiger partial charge in [0, 0.05) is 25.2 Å². The molecule has 2 aliphatic rings. The van der Waals surface area contributed by atoms with Crippen molar-refractivity contribution in [2.75, 3.05) is 25.0 Å². The minimum atomic E-state index is -0.381. The van der Waals surface area contributed by atoms with Crippen LogP contribution in [-0.4, -0.2) is 57.2 Å². The fraction of sp³-hybridized carbons (Fsp3) is 0.409. The standard InChI is InChI=1S/C22H26N6O3/c1-15-6-2-9-18(24-15)26-19-10-3-7-16(25-19)17-8-4-12-27(17)20(29)11-5-13-28-21(30)14-23-22(28)31/h2-3,6-7,9-10,17H,4-5,8,11-14H2,1H3,(H,23,31)(H,24,25,26)/t17-/m1/s1. The molecule has 0 aromatic carbocycles. The second-order valence-corrected chi connectivity index (χ2v) is 7.79. The van der Waals surface area contributed by atoms with E-state index >= 15 is 0 Å². The average molecular weight is 422 g/mol. The van der Waals surface area contributed by atoms with E-state index in [1.54, 1.807) is 0 Å². The van der Waals surface area contributed by atoms with Gasteiger partial charge in [-0.05, 0) is 50.5 Å². The Hall–Kier alpha value is -3.49. The van der Waals surface area contributed by atoms with E-state index in [0.717, 1.165) is 30.0 Å². The molecule has 0 aliphatic carbocycles. The van der Waals surface area contributed by atoms with Crippen LogP contribution in [0.3, 0.4) is 0 Å². The van der Waals surface area contributed by atoms with E-state index in [1.165, 1.54) is 4.90 Å². The molecule has 9 nitrogen and oxygen atoms in total. The maximum absolute atomic E-state index is 12.8. The molecule has 0 saturated carbocycles. The number of hydrogen-bond acceptors (Lipinski definition) is 6. The van der Waals surface area contributed by atoms with Crippen LogP contribution in [-0.2, 0) is 9.59 Å². The Kier molecular flexibility index (Phi) is 6.11. The van der Waals surface area contributed by atoms with Crippen LogP contribution in [0.1, 0.15) is 43.1 Å². The molecule has 4 heterocycles. The van der Waals surface area contributed by atoms with Crippen LogP contribution < -0.4 is 10.6 Å². The quantitative estimate of drug-likeness (QED) is 0.664. The normalized spacial score (nSPS) is 18.4. The summed E-state index contributed by atoms with van der Waals surface area (Å²) >= 11 is 0. The van der Waals surface area contributed by atoms with E-state index < -0.39 is 0 Å². The van der Waals surface area contributed by atoms with Crippen molar-refractivity contribution in [3.05, 3.63) is 47.8 Å². The Labute approximate surface area is 180 Å². The highest BCUT2D eigenvalue weighted by Gasteiger charge is 2.32. The number of aryl methyl sites for hydroxylation is 1. The summed E-state index contributed by atoms with van der Waals surface area (Å²) in [5.41, 5.74) is 1.76. The van der Waals surface area contributed by atoms with E-state index in [4.69, 9.17) is 4.98 Å². The largest absolute Gasteiger partial charge is 0.334 e. The van der Waals surface area contributed by atoms with E-state index in [-0.39, 0.29) is 37.0 Å². The van der Waals surface area contributed by atoms with Crippen LogP contribution in [0.2, 0.25) is 0 Å². The number of carbonyl (C=O) groups is 3. The van der Waals surface area contributed by atoms with Gasteiger partial charge in [0.2, 0.25) is 11.8 Å². The van der Waals surface area contributed by atoms with Crippen LogP contribution in [0.5, 0.6) is 0 Å². The molecule has 2 fully saturated rings. The first-order chi connectivity index (χ1) is 15.0. The number of rotatable bonds is 7. The first-order valence-electron chi connectivity index (χ1n) is 10.6. The fourth-order valence-electron chi connectivity index (χ4n) is 4.04. The zero-order valence-corrected chi connectivity index (χ0v) is 17.5. The molecule has 4 rings (SSSR count). The van der Waals surface area contributed by atoms with Crippen molar-refractivity contribution in [1.29, 1.82) is 0 Å². The number of amides is 4. The van der Waals surface area contributed by atoms with Gasteiger partial charge in [0.15, 0.2) is 0 Å². The molecule has 1 atom stereocenters. The molecular formula is C22H26N6O3. The molecule has 0 radical (unpaired) electrons. The van der Waals surface area contributed by atoms with Gasteiger partial charge in [-0.25, -0.2) is 14.8 Å². The number of nitrogens with one attached hydrogen (secondary N) is 2. The van der Waals surface area contributed by atoms with E-state index in [0.29, 0.717) is 25.2 Å². The van der Waals surface area contributed by atoms with Crippen LogP contribution in [0, 0.1) is 6.92 Å². The Balaban J connectivity index is 1.38. The Morgan fingerprint density at radius 3 is 2.68 bits per heavy atom. The minimum absolute atomic E-state index is 0.0232. The predicted molar refractivity (Wildman–Crippen MR) is 115 cm³/mol. The van der Waals surface area contributed by atoms with Gasteiger partial charge in [-0.15, -0.1) is 0 Å². The van der Waals surface area contributed by atoms with Crippen molar-refractivity contribution in [2.45, 2.75) is 38.6 Å². The number of anilines is 2. The molecular weight excluding hydrogens is 396 g/mol. The summed E-state index contributed by atoms with van der Waals surface area (Å²) in [4.78, 5) is 48.3. The van der Waals surface area contributed by atoms with Gasteiger partial charge in [0.1, 0.15) is 11.6 Å². The van der Waals surface area contributed by atoms with Crippen LogP contribution in [0.4, 0.5) is 16.4 Å². The van der Waals surface area contributed by atoms with Crippen molar-refractivity contribution in [1.82, 2.24) is 25.1 Å². The summed E-state index contributed by atoms with van der Waals surface area (Å²) in [7, 11) is 0. The maximum atomic E-state index is 12.8. The molecule has 2 N–H and O–H groups in total. The van der Waals surface area contributed by atoms with Crippen LogP contribution in [0.15, 0.2) is 36.4 Å². The monoisotopic (exact) mass is 422 g/mol. The Morgan fingerprint density at radius 2 is 1.94 bits per heavy atom. The lowest BCUT2D eigenvalue weighted by atomic mass is 10.1. The van der Waals surface area contributed by atoms with E-state index in [2.05, 4.69) is 15.6 Å². The van der Waals surface area contributed by atoms with Crippen LogP contribution >= 0.6 is 0 Å². The summed E-state index contributed by atoms with van der Waals surface area (Å²) in [6.07, 6.45) is 2.52. The summed E-state index contributed by atoms with van der Waals surface area (Å²) in [6, 6.07) is 11.1. The SMILES string of the molecule is Cc1cccc(Nc2cccc([C@H]3CCCN3C(=O)CCCN3C(=O)CNC3=O)n2)n1. The first-order valence-corrected chi connectivity index (χ1v) is 10.6. The number of hydrogen-bond donors (Lipinski definition) is 2. The molecule has 2 aliphatic heterocycles. The molecule has 2 saturated heterocycles. The molecule has 0 spiro atoms. The smallest absolute Gasteiger partial charge is 0.324 e. The van der Waals surface area contributed by atoms with Gasteiger partial charge in [0.05, 0.1) is 18.3 Å². The maximum Gasteiger partial charge on any atom is 0.324 e. The van der Waals surface area contributed by atoms with Crippen LogP contribution in [0.25, 0.3) is 0 Å².